The van der Waals surface area contributed by atoms with Crippen LogP contribution in [0.15, 0.2) is 42.7 Å². The van der Waals surface area contributed by atoms with Gasteiger partial charge in [-0.2, -0.15) is 13.2 Å². The summed E-state index contributed by atoms with van der Waals surface area (Å²) in [6.07, 6.45) is -1.66. The van der Waals surface area contributed by atoms with Crippen molar-refractivity contribution in [3.63, 3.8) is 0 Å². The summed E-state index contributed by atoms with van der Waals surface area (Å²) >= 11 is 1.21. The number of amides is 1. The molecule has 0 aliphatic heterocycles. The predicted octanol–water partition coefficient (Wildman–Crippen LogP) is 5.09. The molecule has 0 atom stereocenters. The van der Waals surface area contributed by atoms with E-state index in [-0.39, 0.29) is 11.4 Å². The molecule has 1 N–H and O–H groups in total. The zero-order chi connectivity index (χ0) is 18.9. The van der Waals surface area contributed by atoms with E-state index in [2.05, 4.69) is 15.3 Å². The number of alkyl halides is 3. The highest BCUT2D eigenvalue weighted by atomic mass is 32.1. The maximum absolute atomic E-state index is 13.5. The topological polar surface area (TPSA) is 54.9 Å². The van der Waals surface area contributed by atoms with Crippen molar-refractivity contribution in [1.29, 1.82) is 0 Å². The minimum Gasteiger partial charge on any atom is -0.319 e. The number of nitrogens with zero attached hydrogens (tertiary/aromatic N) is 2. The van der Waals surface area contributed by atoms with Gasteiger partial charge in [-0.15, -0.1) is 11.3 Å². The number of carbonyl (C=O) groups excluding carboxylic acids is 1. The first-order valence-electron chi connectivity index (χ1n) is 7.62. The minimum absolute atomic E-state index is 0.137. The molecule has 8 heteroatoms. The summed E-state index contributed by atoms with van der Waals surface area (Å²) in [6, 6.07) is 7.65. The second-order valence-electron chi connectivity index (χ2n) is 5.71. The molecule has 0 aliphatic carbocycles. The zero-order valence-electron chi connectivity index (χ0n) is 13.9. The van der Waals surface area contributed by atoms with Gasteiger partial charge in [0.1, 0.15) is 0 Å². The quantitative estimate of drug-likeness (QED) is 0.691. The van der Waals surface area contributed by atoms with Gasteiger partial charge in [0.15, 0.2) is 5.69 Å². The largest absolute Gasteiger partial charge is 0.435 e. The van der Waals surface area contributed by atoms with Crippen molar-refractivity contribution in [2.75, 3.05) is 5.32 Å². The predicted molar refractivity (Wildman–Crippen MR) is 94.2 cm³/mol. The average molecular weight is 377 g/mol. The van der Waals surface area contributed by atoms with Crippen LogP contribution in [0.2, 0.25) is 0 Å². The average Bonchev–Trinajstić information content (AvgIpc) is 3.01. The van der Waals surface area contributed by atoms with E-state index in [1.807, 2.05) is 6.92 Å². The molecule has 134 valence electrons. The molecular formula is C18H14F3N3OS. The number of pyridine rings is 2. The van der Waals surface area contributed by atoms with Crippen molar-refractivity contribution in [1.82, 2.24) is 9.97 Å². The van der Waals surface area contributed by atoms with Gasteiger partial charge in [0, 0.05) is 22.8 Å². The Morgan fingerprint density at radius 2 is 1.88 bits per heavy atom. The van der Waals surface area contributed by atoms with Crippen LogP contribution >= 0.6 is 11.3 Å². The van der Waals surface area contributed by atoms with Crippen LogP contribution in [-0.4, -0.2) is 15.9 Å². The molecular weight excluding hydrogens is 363 g/mol. The molecule has 3 aromatic heterocycles. The van der Waals surface area contributed by atoms with Gasteiger partial charge in [-0.25, -0.2) is 4.98 Å². The van der Waals surface area contributed by atoms with Crippen LogP contribution in [0.3, 0.4) is 0 Å². The van der Waals surface area contributed by atoms with Crippen molar-refractivity contribution >= 4 is 22.9 Å². The molecule has 0 spiro atoms. The van der Waals surface area contributed by atoms with Crippen molar-refractivity contribution < 1.29 is 18.0 Å². The molecule has 3 heterocycles. The Labute approximate surface area is 151 Å². The molecule has 0 radical (unpaired) electrons. The fraction of sp³-hybridized carbons (Fsp3) is 0.167. The SMILES string of the molecule is Cc1cncc(-c2ccc(NC(=O)c3ccc(C)s3)c(C(F)(F)F)n2)c1. The van der Waals surface area contributed by atoms with Crippen LogP contribution < -0.4 is 5.32 Å². The summed E-state index contributed by atoms with van der Waals surface area (Å²) < 4.78 is 40.4. The Bertz CT molecular complexity index is 966. The van der Waals surface area contributed by atoms with Crippen LogP contribution in [0.1, 0.15) is 25.8 Å². The summed E-state index contributed by atoms with van der Waals surface area (Å²) in [5, 5.41) is 2.31. The van der Waals surface area contributed by atoms with Crippen LogP contribution in [0.25, 0.3) is 11.3 Å². The van der Waals surface area contributed by atoms with Gasteiger partial charge in [0.05, 0.1) is 16.3 Å². The van der Waals surface area contributed by atoms with E-state index in [4.69, 9.17) is 0 Å². The molecule has 0 saturated carbocycles. The summed E-state index contributed by atoms with van der Waals surface area (Å²) in [4.78, 5) is 21.1. The van der Waals surface area contributed by atoms with Crippen LogP contribution in [-0.2, 0) is 6.18 Å². The first kappa shape index (κ1) is 18.1. The van der Waals surface area contributed by atoms with E-state index in [1.165, 1.54) is 29.7 Å². The molecule has 3 aromatic rings. The lowest BCUT2D eigenvalue weighted by Crippen LogP contribution is -2.17. The number of nitrogens with one attached hydrogen (secondary N) is 1. The number of hydrogen-bond acceptors (Lipinski definition) is 4. The molecule has 0 unspecified atom stereocenters. The summed E-state index contributed by atoms with van der Waals surface area (Å²) in [7, 11) is 0. The maximum atomic E-state index is 13.5. The Balaban J connectivity index is 1.99. The number of carbonyl (C=O) groups is 1. The normalized spacial score (nSPS) is 11.4. The molecule has 0 aliphatic rings. The van der Waals surface area contributed by atoms with Crippen molar-refractivity contribution in [3.05, 3.63) is 63.7 Å². The number of halogens is 3. The van der Waals surface area contributed by atoms with Crippen molar-refractivity contribution in [2.24, 2.45) is 0 Å². The summed E-state index contributed by atoms with van der Waals surface area (Å²) in [6.45, 7) is 3.60. The van der Waals surface area contributed by atoms with Crippen LogP contribution in [0.5, 0.6) is 0 Å². The fourth-order valence-corrected chi connectivity index (χ4v) is 3.14. The molecule has 4 nitrogen and oxygen atoms in total. The number of rotatable bonds is 3. The van der Waals surface area contributed by atoms with Gasteiger partial charge in [-0.05, 0) is 49.7 Å². The van der Waals surface area contributed by atoms with Gasteiger partial charge < -0.3 is 5.32 Å². The third kappa shape index (κ3) is 3.91. The first-order chi connectivity index (χ1) is 12.2. The second kappa shape index (κ2) is 6.87. The lowest BCUT2D eigenvalue weighted by atomic mass is 10.1. The van der Waals surface area contributed by atoms with Crippen molar-refractivity contribution in [2.45, 2.75) is 20.0 Å². The second-order valence-corrected chi connectivity index (χ2v) is 6.99. The highest BCUT2D eigenvalue weighted by molar-refractivity contribution is 7.14. The Morgan fingerprint density at radius 3 is 2.50 bits per heavy atom. The molecule has 3 rings (SSSR count). The van der Waals surface area contributed by atoms with E-state index in [9.17, 15) is 18.0 Å². The maximum Gasteiger partial charge on any atom is 0.435 e. The first-order valence-corrected chi connectivity index (χ1v) is 8.44. The number of thiophene rings is 1. The smallest absolute Gasteiger partial charge is 0.319 e. The van der Waals surface area contributed by atoms with E-state index >= 15 is 0 Å². The molecule has 0 saturated heterocycles. The third-order valence-corrected chi connectivity index (χ3v) is 4.55. The number of hydrogen-bond donors (Lipinski definition) is 1. The lowest BCUT2D eigenvalue weighted by molar-refractivity contribution is -0.140. The third-order valence-electron chi connectivity index (χ3n) is 3.55. The zero-order valence-corrected chi connectivity index (χ0v) is 14.7. The monoisotopic (exact) mass is 377 g/mol. The van der Waals surface area contributed by atoms with Gasteiger partial charge in [0.25, 0.3) is 5.91 Å². The molecule has 0 aromatic carbocycles. The molecule has 0 bridgehead atoms. The van der Waals surface area contributed by atoms with Gasteiger partial charge in [-0.1, -0.05) is 0 Å². The van der Waals surface area contributed by atoms with Crippen molar-refractivity contribution in [3.8, 4) is 11.3 Å². The molecule has 26 heavy (non-hydrogen) atoms. The van der Waals surface area contributed by atoms with E-state index in [0.29, 0.717) is 10.4 Å². The standard InChI is InChI=1S/C18H14F3N3OS/c1-10-7-12(9-22-8-10)13-4-5-14(16(23-13)18(19,20)21)24-17(25)15-6-3-11(2)26-15/h3-9H,1-2H3,(H,24,25). The Hall–Kier alpha value is -2.74. The van der Waals surface area contributed by atoms with Crippen LogP contribution in [0.4, 0.5) is 18.9 Å². The number of aromatic nitrogens is 2. The van der Waals surface area contributed by atoms with E-state index in [0.717, 1.165) is 10.4 Å². The van der Waals surface area contributed by atoms with Gasteiger partial charge in [0.2, 0.25) is 0 Å². The van der Waals surface area contributed by atoms with E-state index in [1.54, 1.807) is 31.3 Å². The lowest BCUT2D eigenvalue weighted by Gasteiger charge is -2.14. The Morgan fingerprint density at radius 1 is 1.12 bits per heavy atom. The molecule has 1 amide bonds. The highest BCUT2D eigenvalue weighted by Gasteiger charge is 2.36. The van der Waals surface area contributed by atoms with Crippen LogP contribution in [0, 0.1) is 13.8 Å². The number of anilines is 1. The highest BCUT2D eigenvalue weighted by Crippen LogP contribution is 2.35. The Kier molecular flexibility index (Phi) is 4.78. The minimum atomic E-state index is -4.71. The number of aryl methyl sites for hydroxylation is 2. The summed E-state index contributed by atoms with van der Waals surface area (Å²) in [5.41, 5.74) is -0.0971. The summed E-state index contributed by atoms with van der Waals surface area (Å²) in [5.74, 6) is -0.597. The van der Waals surface area contributed by atoms with Gasteiger partial charge >= 0.3 is 6.18 Å². The van der Waals surface area contributed by atoms with E-state index < -0.39 is 17.8 Å². The fourth-order valence-electron chi connectivity index (χ4n) is 2.37. The molecule has 0 fully saturated rings. The van der Waals surface area contributed by atoms with Gasteiger partial charge in [-0.3, -0.25) is 9.78 Å².